The summed E-state index contributed by atoms with van der Waals surface area (Å²) in [5, 5.41) is 0. The number of rotatable bonds is 1. The summed E-state index contributed by atoms with van der Waals surface area (Å²) >= 11 is 4.80. The van der Waals surface area contributed by atoms with Crippen molar-refractivity contribution in [1.29, 1.82) is 0 Å². The molecule has 0 heterocycles. The van der Waals surface area contributed by atoms with E-state index in [-0.39, 0.29) is 5.82 Å². The Bertz CT molecular complexity index is 423. The maximum atomic E-state index is 13.0. The van der Waals surface area contributed by atoms with Crippen LogP contribution in [0.25, 0.3) is 5.57 Å². The van der Waals surface area contributed by atoms with Crippen molar-refractivity contribution in [3.05, 3.63) is 41.2 Å². The monoisotopic (exact) mass is 207 g/mol. The van der Waals surface area contributed by atoms with E-state index < -0.39 is 0 Å². The van der Waals surface area contributed by atoms with E-state index in [2.05, 4.69) is 0 Å². The summed E-state index contributed by atoms with van der Waals surface area (Å²) in [4.78, 5) is 0.358. The van der Waals surface area contributed by atoms with Crippen LogP contribution in [0.4, 0.5) is 4.39 Å². The van der Waals surface area contributed by atoms with Crippen molar-refractivity contribution in [3.8, 4) is 0 Å². The van der Waals surface area contributed by atoms with Crippen LogP contribution in [-0.2, 0) is 6.42 Å². The van der Waals surface area contributed by atoms with E-state index in [1.807, 2.05) is 6.07 Å². The molecule has 3 heteroatoms. The molecule has 0 amide bonds. The molecule has 0 spiro atoms. The van der Waals surface area contributed by atoms with E-state index in [0.717, 1.165) is 24.0 Å². The zero-order chi connectivity index (χ0) is 10.1. The van der Waals surface area contributed by atoms with Gasteiger partial charge in [-0.25, -0.2) is 4.39 Å². The van der Waals surface area contributed by atoms with Gasteiger partial charge in [0.05, 0.1) is 4.99 Å². The second-order valence-corrected chi connectivity index (χ2v) is 3.84. The predicted molar refractivity (Wildman–Crippen MR) is 59.5 cm³/mol. The lowest BCUT2D eigenvalue weighted by molar-refractivity contribution is 0.627. The van der Waals surface area contributed by atoms with E-state index in [9.17, 15) is 4.39 Å². The van der Waals surface area contributed by atoms with Crippen molar-refractivity contribution in [3.63, 3.8) is 0 Å². The fraction of sp³-hybridized carbons (Fsp3) is 0.182. The largest absolute Gasteiger partial charge is 0.390 e. The number of hydrogen-bond acceptors (Lipinski definition) is 1. The van der Waals surface area contributed by atoms with Gasteiger partial charge in [0.25, 0.3) is 0 Å². The third kappa shape index (κ3) is 1.68. The quantitative estimate of drug-likeness (QED) is 0.565. The summed E-state index contributed by atoms with van der Waals surface area (Å²) < 4.78 is 13.0. The van der Waals surface area contributed by atoms with Gasteiger partial charge < -0.3 is 5.73 Å². The van der Waals surface area contributed by atoms with Crippen LogP contribution < -0.4 is 5.73 Å². The molecule has 2 N–H and O–H groups in total. The van der Waals surface area contributed by atoms with E-state index in [1.165, 1.54) is 11.6 Å². The zero-order valence-electron chi connectivity index (χ0n) is 7.59. The van der Waals surface area contributed by atoms with Gasteiger partial charge >= 0.3 is 0 Å². The van der Waals surface area contributed by atoms with Gasteiger partial charge in [0.2, 0.25) is 0 Å². The predicted octanol–water partition coefficient (Wildman–Crippen LogP) is 2.44. The Morgan fingerprint density at radius 3 is 2.93 bits per heavy atom. The lowest BCUT2D eigenvalue weighted by atomic mass is 10.1. The van der Waals surface area contributed by atoms with Crippen LogP contribution >= 0.6 is 12.2 Å². The molecular formula is C11H10FNS. The molecule has 1 nitrogen and oxygen atoms in total. The number of nitrogens with two attached hydrogens (primary N) is 1. The highest BCUT2D eigenvalue weighted by Crippen LogP contribution is 2.32. The Kier molecular flexibility index (Phi) is 2.33. The highest BCUT2D eigenvalue weighted by Gasteiger charge is 2.16. The van der Waals surface area contributed by atoms with Crippen molar-refractivity contribution in [2.75, 3.05) is 0 Å². The minimum atomic E-state index is -0.209. The van der Waals surface area contributed by atoms with Gasteiger partial charge in [0.15, 0.2) is 0 Å². The van der Waals surface area contributed by atoms with E-state index in [0.29, 0.717) is 4.99 Å². The number of hydrogen-bond donors (Lipinski definition) is 1. The van der Waals surface area contributed by atoms with Crippen LogP contribution in [0.15, 0.2) is 24.3 Å². The SMILES string of the molecule is NC(=S)/C=C1\CCc2ccc(F)cc21. The number of aryl methyl sites for hydroxylation is 1. The van der Waals surface area contributed by atoms with Crippen LogP contribution in [0.5, 0.6) is 0 Å². The number of thiocarbonyl (C=S) groups is 1. The van der Waals surface area contributed by atoms with Crippen LogP contribution in [0.2, 0.25) is 0 Å². The molecule has 1 aromatic carbocycles. The van der Waals surface area contributed by atoms with Crippen LogP contribution in [0.3, 0.4) is 0 Å². The Balaban J connectivity index is 2.48. The molecule has 0 unspecified atom stereocenters. The molecule has 14 heavy (non-hydrogen) atoms. The molecule has 0 aromatic heterocycles. The molecule has 1 aliphatic carbocycles. The van der Waals surface area contributed by atoms with Crippen LogP contribution in [0.1, 0.15) is 17.5 Å². The van der Waals surface area contributed by atoms with Crippen molar-refractivity contribution >= 4 is 22.8 Å². The second kappa shape index (κ2) is 3.50. The second-order valence-electron chi connectivity index (χ2n) is 3.37. The van der Waals surface area contributed by atoms with Crippen LogP contribution in [0, 0.1) is 5.82 Å². The number of fused-ring (bicyclic) bond motifs is 1. The molecule has 0 bridgehead atoms. The molecule has 1 aliphatic rings. The Morgan fingerprint density at radius 1 is 1.43 bits per heavy atom. The molecular weight excluding hydrogens is 197 g/mol. The normalized spacial score (nSPS) is 17.1. The van der Waals surface area contributed by atoms with Crippen molar-refractivity contribution in [2.45, 2.75) is 12.8 Å². The first-order valence-corrected chi connectivity index (χ1v) is 4.86. The molecule has 0 fully saturated rings. The van der Waals surface area contributed by atoms with Gasteiger partial charge in [-0.2, -0.15) is 0 Å². The van der Waals surface area contributed by atoms with Gasteiger partial charge in [0.1, 0.15) is 5.82 Å². The van der Waals surface area contributed by atoms with Gasteiger partial charge in [-0.05, 0) is 47.8 Å². The molecule has 0 radical (unpaired) electrons. The van der Waals surface area contributed by atoms with Crippen LogP contribution in [-0.4, -0.2) is 4.99 Å². The third-order valence-corrected chi connectivity index (χ3v) is 2.52. The maximum Gasteiger partial charge on any atom is 0.123 e. The van der Waals surface area contributed by atoms with E-state index in [4.69, 9.17) is 18.0 Å². The minimum absolute atomic E-state index is 0.209. The highest BCUT2D eigenvalue weighted by molar-refractivity contribution is 7.80. The van der Waals surface area contributed by atoms with Gasteiger partial charge in [-0.1, -0.05) is 18.3 Å². The highest BCUT2D eigenvalue weighted by atomic mass is 32.1. The first-order valence-electron chi connectivity index (χ1n) is 4.45. The number of benzene rings is 1. The van der Waals surface area contributed by atoms with Crippen molar-refractivity contribution in [2.24, 2.45) is 5.73 Å². The first-order chi connectivity index (χ1) is 6.66. The van der Waals surface area contributed by atoms with E-state index in [1.54, 1.807) is 12.1 Å². The molecule has 2 rings (SSSR count). The molecule has 72 valence electrons. The van der Waals surface area contributed by atoms with Gasteiger partial charge in [-0.3, -0.25) is 0 Å². The minimum Gasteiger partial charge on any atom is -0.390 e. The fourth-order valence-corrected chi connectivity index (χ4v) is 1.93. The molecule has 1 aromatic rings. The number of allylic oxidation sites excluding steroid dienone is 1. The summed E-state index contributed by atoms with van der Waals surface area (Å²) in [7, 11) is 0. The summed E-state index contributed by atoms with van der Waals surface area (Å²) in [6.07, 6.45) is 3.60. The standard InChI is InChI=1S/C11H10FNS/c12-9-4-3-7-1-2-8(5-11(13)14)10(7)6-9/h3-6H,1-2H2,(H2,13,14)/b8-5+. The van der Waals surface area contributed by atoms with E-state index >= 15 is 0 Å². The Morgan fingerprint density at radius 2 is 2.21 bits per heavy atom. The first kappa shape index (κ1) is 9.34. The summed E-state index contributed by atoms with van der Waals surface area (Å²) in [6, 6.07) is 4.86. The zero-order valence-corrected chi connectivity index (χ0v) is 8.40. The molecule has 0 atom stereocenters. The summed E-state index contributed by atoms with van der Waals surface area (Å²) in [6.45, 7) is 0. The summed E-state index contributed by atoms with van der Waals surface area (Å²) in [5.41, 5.74) is 8.61. The van der Waals surface area contributed by atoms with Gasteiger partial charge in [-0.15, -0.1) is 0 Å². The van der Waals surface area contributed by atoms with Crippen molar-refractivity contribution in [1.82, 2.24) is 0 Å². The Hall–Kier alpha value is -1.22. The Labute approximate surface area is 87.4 Å². The number of halogens is 1. The fourth-order valence-electron chi connectivity index (χ4n) is 1.79. The molecule has 0 saturated heterocycles. The maximum absolute atomic E-state index is 13.0. The summed E-state index contributed by atoms with van der Waals surface area (Å²) in [5.74, 6) is -0.209. The molecule has 0 saturated carbocycles. The third-order valence-electron chi connectivity index (χ3n) is 2.40. The lowest BCUT2D eigenvalue weighted by Crippen LogP contribution is -2.03. The van der Waals surface area contributed by atoms with Gasteiger partial charge in [0, 0.05) is 0 Å². The average Bonchev–Trinajstić information content (AvgIpc) is 2.47. The lowest BCUT2D eigenvalue weighted by Gasteiger charge is -2.00. The van der Waals surface area contributed by atoms with Crippen molar-refractivity contribution < 1.29 is 4.39 Å². The smallest absolute Gasteiger partial charge is 0.123 e. The topological polar surface area (TPSA) is 26.0 Å². The average molecular weight is 207 g/mol. The molecule has 0 aliphatic heterocycles.